The minimum absolute atomic E-state index is 0.0813. The van der Waals surface area contributed by atoms with E-state index < -0.39 is 0 Å². The maximum absolute atomic E-state index is 12.3. The Bertz CT molecular complexity index is 1200. The standard InChI is InChI=1S/C22H18BrN5O2S2/c23-17-10-8-16(9-11-17)21(30)26-24-19(29)14-32-22-27-25-20(18-7-4-12-31-18)28(22)13-15-5-2-1-3-6-15/h1-12H,13-14H2,(H,24,29)(H,26,30). The van der Waals surface area contributed by atoms with Crippen molar-refractivity contribution >= 4 is 50.8 Å². The quantitative estimate of drug-likeness (QED) is 0.275. The van der Waals surface area contributed by atoms with Gasteiger partial charge in [0, 0.05) is 10.0 Å². The highest BCUT2D eigenvalue weighted by atomic mass is 79.9. The number of hydrazine groups is 1. The molecule has 2 aromatic heterocycles. The molecule has 32 heavy (non-hydrogen) atoms. The Kier molecular flexibility index (Phi) is 7.35. The molecule has 2 amide bonds. The monoisotopic (exact) mass is 527 g/mol. The van der Waals surface area contributed by atoms with Crippen molar-refractivity contribution in [3.05, 3.63) is 87.7 Å². The van der Waals surface area contributed by atoms with Crippen LogP contribution in [0.2, 0.25) is 0 Å². The van der Waals surface area contributed by atoms with Crippen molar-refractivity contribution in [2.45, 2.75) is 11.7 Å². The molecule has 10 heteroatoms. The van der Waals surface area contributed by atoms with E-state index in [1.807, 2.05) is 52.4 Å². The number of aromatic nitrogens is 3. The number of halogens is 1. The number of hydrogen-bond donors (Lipinski definition) is 2. The highest BCUT2D eigenvalue weighted by Gasteiger charge is 2.17. The summed E-state index contributed by atoms with van der Waals surface area (Å²) in [6.07, 6.45) is 0. The number of carbonyl (C=O) groups excluding carboxylic acids is 2. The van der Waals surface area contributed by atoms with Crippen LogP contribution in [0, 0.1) is 0 Å². The number of nitrogens with one attached hydrogen (secondary N) is 2. The number of amides is 2. The molecule has 162 valence electrons. The molecule has 0 aliphatic carbocycles. The molecule has 2 aromatic carbocycles. The second-order valence-electron chi connectivity index (χ2n) is 6.65. The SMILES string of the molecule is O=C(CSc1nnc(-c2cccs2)n1Cc1ccccc1)NNC(=O)c1ccc(Br)cc1. The Balaban J connectivity index is 1.40. The lowest BCUT2D eigenvalue weighted by atomic mass is 10.2. The fraction of sp³-hybridized carbons (Fsp3) is 0.0909. The maximum atomic E-state index is 12.3. The van der Waals surface area contributed by atoms with Crippen molar-refractivity contribution in [3.63, 3.8) is 0 Å². The van der Waals surface area contributed by atoms with Crippen LogP contribution in [0.5, 0.6) is 0 Å². The normalized spacial score (nSPS) is 10.7. The third-order valence-electron chi connectivity index (χ3n) is 4.40. The van der Waals surface area contributed by atoms with Crippen LogP contribution in [0.4, 0.5) is 0 Å². The first-order valence-electron chi connectivity index (χ1n) is 9.59. The van der Waals surface area contributed by atoms with E-state index in [1.54, 1.807) is 35.6 Å². The highest BCUT2D eigenvalue weighted by Crippen LogP contribution is 2.28. The van der Waals surface area contributed by atoms with Crippen LogP contribution in [0.1, 0.15) is 15.9 Å². The molecule has 2 N–H and O–H groups in total. The van der Waals surface area contributed by atoms with E-state index in [4.69, 9.17) is 0 Å². The molecule has 0 radical (unpaired) electrons. The molecule has 0 unspecified atom stereocenters. The van der Waals surface area contributed by atoms with Gasteiger partial charge in [-0.2, -0.15) is 0 Å². The summed E-state index contributed by atoms with van der Waals surface area (Å²) < 4.78 is 2.87. The van der Waals surface area contributed by atoms with E-state index in [0.29, 0.717) is 17.3 Å². The molecule has 0 fully saturated rings. The van der Waals surface area contributed by atoms with Crippen molar-refractivity contribution in [3.8, 4) is 10.7 Å². The van der Waals surface area contributed by atoms with Gasteiger partial charge in [0.2, 0.25) is 5.91 Å². The van der Waals surface area contributed by atoms with Gasteiger partial charge in [-0.25, -0.2) is 0 Å². The predicted molar refractivity (Wildman–Crippen MR) is 129 cm³/mol. The number of benzene rings is 2. The van der Waals surface area contributed by atoms with Crippen LogP contribution in [0.25, 0.3) is 10.7 Å². The van der Waals surface area contributed by atoms with Gasteiger partial charge in [0.1, 0.15) is 0 Å². The summed E-state index contributed by atoms with van der Waals surface area (Å²) in [5, 5.41) is 11.3. The van der Waals surface area contributed by atoms with Crippen LogP contribution in [-0.2, 0) is 11.3 Å². The topological polar surface area (TPSA) is 88.9 Å². The zero-order valence-electron chi connectivity index (χ0n) is 16.7. The van der Waals surface area contributed by atoms with Crippen LogP contribution < -0.4 is 10.9 Å². The third kappa shape index (κ3) is 5.64. The van der Waals surface area contributed by atoms with Gasteiger partial charge >= 0.3 is 0 Å². The molecule has 0 spiro atoms. The van der Waals surface area contributed by atoms with Crippen LogP contribution in [0.15, 0.2) is 81.7 Å². The fourth-order valence-corrected chi connectivity index (χ4v) is 4.58. The first-order valence-corrected chi connectivity index (χ1v) is 12.2. The summed E-state index contributed by atoms with van der Waals surface area (Å²) in [6.45, 7) is 0.589. The van der Waals surface area contributed by atoms with Gasteiger partial charge in [0.15, 0.2) is 11.0 Å². The molecule has 7 nitrogen and oxygen atoms in total. The van der Waals surface area contributed by atoms with E-state index in [1.165, 1.54) is 11.8 Å². The number of nitrogens with zero attached hydrogens (tertiary/aromatic N) is 3. The summed E-state index contributed by atoms with van der Waals surface area (Å²) in [4.78, 5) is 25.5. The number of rotatable bonds is 7. The van der Waals surface area contributed by atoms with Gasteiger partial charge in [-0.15, -0.1) is 21.5 Å². The average molecular weight is 528 g/mol. The van der Waals surface area contributed by atoms with Crippen molar-refractivity contribution in [2.24, 2.45) is 0 Å². The first-order chi connectivity index (χ1) is 15.6. The van der Waals surface area contributed by atoms with E-state index >= 15 is 0 Å². The summed E-state index contributed by atoms with van der Waals surface area (Å²) in [5.74, 6) is 0.114. The minimum atomic E-state index is -0.386. The molecule has 0 aliphatic heterocycles. The third-order valence-corrected chi connectivity index (χ3v) is 6.76. The second-order valence-corrected chi connectivity index (χ2v) is 9.46. The molecular weight excluding hydrogens is 510 g/mol. The molecule has 0 saturated heterocycles. The highest BCUT2D eigenvalue weighted by molar-refractivity contribution is 9.10. The van der Waals surface area contributed by atoms with E-state index in [2.05, 4.69) is 37.0 Å². The summed E-state index contributed by atoms with van der Waals surface area (Å²) in [7, 11) is 0. The predicted octanol–water partition coefficient (Wildman–Crippen LogP) is 4.37. The van der Waals surface area contributed by atoms with Crippen molar-refractivity contribution in [1.82, 2.24) is 25.6 Å². The Morgan fingerprint density at radius 2 is 1.75 bits per heavy atom. The number of carbonyl (C=O) groups is 2. The Hall–Kier alpha value is -2.95. The van der Waals surface area contributed by atoms with Crippen LogP contribution >= 0.6 is 39.0 Å². The molecule has 4 aromatic rings. The van der Waals surface area contributed by atoms with E-state index in [-0.39, 0.29) is 17.6 Å². The number of thiophene rings is 1. The fourth-order valence-electron chi connectivity index (χ4n) is 2.86. The number of hydrogen-bond acceptors (Lipinski definition) is 6. The molecule has 0 aliphatic rings. The van der Waals surface area contributed by atoms with Crippen molar-refractivity contribution < 1.29 is 9.59 Å². The first kappa shape index (κ1) is 22.3. The number of thioether (sulfide) groups is 1. The van der Waals surface area contributed by atoms with E-state index in [9.17, 15) is 9.59 Å². The van der Waals surface area contributed by atoms with Crippen LogP contribution in [0.3, 0.4) is 0 Å². The summed E-state index contributed by atoms with van der Waals surface area (Å²) in [6, 6.07) is 20.8. The molecule has 0 saturated carbocycles. The van der Waals surface area contributed by atoms with Gasteiger partial charge in [-0.05, 0) is 41.3 Å². The van der Waals surface area contributed by atoms with Gasteiger partial charge in [0.25, 0.3) is 5.91 Å². The van der Waals surface area contributed by atoms with Crippen molar-refractivity contribution in [1.29, 1.82) is 0 Å². The lowest BCUT2D eigenvalue weighted by Gasteiger charge is -2.10. The Morgan fingerprint density at radius 1 is 0.969 bits per heavy atom. The largest absolute Gasteiger partial charge is 0.297 e. The zero-order valence-corrected chi connectivity index (χ0v) is 19.9. The van der Waals surface area contributed by atoms with Crippen LogP contribution in [-0.4, -0.2) is 32.3 Å². The Labute approximate surface area is 201 Å². The lowest BCUT2D eigenvalue weighted by Crippen LogP contribution is -2.42. The smallest absolute Gasteiger partial charge is 0.269 e. The van der Waals surface area contributed by atoms with Gasteiger partial charge < -0.3 is 0 Å². The zero-order chi connectivity index (χ0) is 22.3. The minimum Gasteiger partial charge on any atom is -0.297 e. The lowest BCUT2D eigenvalue weighted by molar-refractivity contribution is -0.119. The Morgan fingerprint density at radius 3 is 2.47 bits per heavy atom. The molecule has 0 atom stereocenters. The van der Waals surface area contributed by atoms with Gasteiger partial charge in [-0.1, -0.05) is 64.1 Å². The van der Waals surface area contributed by atoms with Gasteiger partial charge in [0.05, 0.1) is 17.2 Å². The van der Waals surface area contributed by atoms with Crippen molar-refractivity contribution in [2.75, 3.05) is 5.75 Å². The summed E-state index contributed by atoms with van der Waals surface area (Å²) >= 11 is 6.18. The second kappa shape index (κ2) is 10.6. The van der Waals surface area contributed by atoms with Gasteiger partial charge in [-0.3, -0.25) is 25.0 Å². The van der Waals surface area contributed by atoms with E-state index in [0.717, 1.165) is 20.7 Å². The molecule has 2 heterocycles. The maximum Gasteiger partial charge on any atom is 0.269 e. The average Bonchev–Trinajstić information content (AvgIpc) is 3.47. The summed E-state index contributed by atoms with van der Waals surface area (Å²) in [5.41, 5.74) is 6.43. The molecule has 0 bridgehead atoms. The molecular formula is C22H18BrN5O2S2. The molecule has 4 rings (SSSR count).